The van der Waals surface area contributed by atoms with Gasteiger partial charge in [-0.05, 0) is 24.5 Å². The van der Waals surface area contributed by atoms with Gasteiger partial charge in [0.05, 0.1) is 4.92 Å². The number of carbonyl (C=O) groups is 2. The molecule has 1 amide bonds. The molecule has 1 heterocycles. The van der Waals surface area contributed by atoms with Crippen molar-refractivity contribution in [3.05, 3.63) is 46.5 Å². The van der Waals surface area contributed by atoms with Gasteiger partial charge in [0.2, 0.25) is 0 Å². The number of nitro groups is 1. The highest BCUT2D eigenvalue weighted by molar-refractivity contribution is 5.97. The van der Waals surface area contributed by atoms with E-state index in [0.29, 0.717) is 0 Å². The summed E-state index contributed by atoms with van der Waals surface area (Å²) < 4.78 is 1.21. The first kappa shape index (κ1) is 18.0. The van der Waals surface area contributed by atoms with Gasteiger partial charge in [-0.2, -0.15) is 5.10 Å². The van der Waals surface area contributed by atoms with Crippen molar-refractivity contribution in [1.29, 1.82) is 0 Å². The minimum atomic E-state index is -1.16. The molecule has 0 aliphatic heterocycles. The van der Waals surface area contributed by atoms with Gasteiger partial charge in [0.25, 0.3) is 11.6 Å². The SMILES string of the molecule is CC(C)C[C@H](NC(=O)c1ccc(-n2cncn2)c([N+](=O)[O-])c1)C(=O)O. The maximum absolute atomic E-state index is 12.3. The van der Waals surface area contributed by atoms with Gasteiger partial charge in [0.15, 0.2) is 0 Å². The Labute approximate surface area is 142 Å². The molecule has 0 spiro atoms. The lowest BCUT2D eigenvalue weighted by molar-refractivity contribution is -0.384. The molecule has 0 unspecified atom stereocenters. The molecule has 2 aromatic rings. The Morgan fingerprint density at radius 1 is 1.40 bits per heavy atom. The third-order valence-electron chi connectivity index (χ3n) is 3.41. The maximum Gasteiger partial charge on any atom is 0.326 e. The van der Waals surface area contributed by atoms with E-state index in [1.165, 1.54) is 29.5 Å². The van der Waals surface area contributed by atoms with Crippen LogP contribution in [0.5, 0.6) is 0 Å². The second kappa shape index (κ2) is 7.51. The summed E-state index contributed by atoms with van der Waals surface area (Å²) >= 11 is 0. The van der Waals surface area contributed by atoms with E-state index in [-0.39, 0.29) is 29.3 Å². The fourth-order valence-electron chi connectivity index (χ4n) is 2.27. The first-order chi connectivity index (χ1) is 11.8. The number of aliphatic carboxylic acids is 1. The number of benzene rings is 1. The average molecular weight is 347 g/mol. The van der Waals surface area contributed by atoms with Gasteiger partial charge in [0, 0.05) is 11.6 Å². The lowest BCUT2D eigenvalue weighted by atomic mass is 10.0. The standard InChI is InChI=1S/C15H17N5O5/c1-9(2)5-11(15(22)23)18-14(21)10-3-4-12(13(6-10)20(24)25)19-8-16-7-17-19/h3-4,6-9,11H,5H2,1-2H3,(H,18,21)(H,22,23)/t11-/m0/s1. The summed E-state index contributed by atoms with van der Waals surface area (Å²) in [4.78, 5) is 37.9. The van der Waals surface area contributed by atoms with E-state index >= 15 is 0 Å². The Balaban J connectivity index is 2.30. The van der Waals surface area contributed by atoms with Crippen LogP contribution in [0.1, 0.15) is 30.6 Å². The molecule has 10 nitrogen and oxygen atoms in total. The van der Waals surface area contributed by atoms with Crippen LogP contribution in [0.15, 0.2) is 30.9 Å². The fourth-order valence-corrected chi connectivity index (χ4v) is 2.27. The summed E-state index contributed by atoms with van der Waals surface area (Å²) in [7, 11) is 0. The van der Waals surface area contributed by atoms with E-state index < -0.39 is 22.8 Å². The highest BCUT2D eigenvalue weighted by Gasteiger charge is 2.24. The normalized spacial score (nSPS) is 12.0. The van der Waals surface area contributed by atoms with Gasteiger partial charge in [-0.25, -0.2) is 14.5 Å². The van der Waals surface area contributed by atoms with Crippen molar-refractivity contribution in [2.24, 2.45) is 5.92 Å². The Kier molecular flexibility index (Phi) is 5.42. The number of carboxylic acid groups (broad SMARTS) is 1. The van der Waals surface area contributed by atoms with Crippen molar-refractivity contribution in [3.8, 4) is 5.69 Å². The van der Waals surface area contributed by atoms with Crippen molar-refractivity contribution < 1.29 is 19.6 Å². The largest absolute Gasteiger partial charge is 0.480 e. The Bertz CT molecular complexity index is 788. The topological polar surface area (TPSA) is 140 Å². The van der Waals surface area contributed by atoms with Crippen LogP contribution in [0.2, 0.25) is 0 Å². The number of nitro benzene ring substituents is 1. The van der Waals surface area contributed by atoms with Crippen LogP contribution in [-0.4, -0.2) is 42.7 Å². The zero-order valence-corrected chi connectivity index (χ0v) is 13.6. The molecule has 2 N–H and O–H groups in total. The number of aromatic nitrogens is 3. The highest BCUT2D eigenvalue weighted by Crippen LogP contribution is 2.23. The van der Waals surface area contributed by atoms with E-state index in [2.05, 4.69) is 15.4 Å². The Morgan fingerprint density at radius 2 is 2.12 bits per heavy atom. The van der Waals surface area contributed by atoms with Crippen molar-refractivity contribution in [2.75, 3.05) is 0 Å². The summed E-state index contributed by atoms with van der Waals surface area (Å²) in [5, 5.41) is 26.7. The average Bonchev–Trinajstić information content (AvgIpc) is 3.07. The number of carbonyl (C=O) groups excluding carboxylic acids is 1. The van der Waals surface area contributed by atoms with Gasteiger partial charge in [0.1, 0.15) is 24.4 Å². The van der Waals surface area contributed by atoms with Crippen LogP contribution in [0.25, 0.3) is 5.69 Å². The minimum absolute atomic E-state index is 0.00873. The van der Waals surface area contributed by atoms with Crippen molar-refractivity contribution >= 4 is 17.6 Å². The lowest BCUT2D eigenvalue weighted by Crippen LogP contribution is -2.41. The predicted octanol–water partition coefficient (Wildman–Crippen LogP) is 1.40. The summed E-state index contributed by atoms with van der Waals surface area (Å²) in [6.07, 6.45) is 2.78. The van der Waals surface area contributed by atoms with Crippen LogP contribution >= 0.6 is 0 Å². The van der Waals surface area contributed by atoms with Crippen LogP contribution in [0.3, 0.4) is 0 Å². The molecular formula is C15H17N5O5. The van der Waals surface area contributed by atoms with Crippen molar-refractivity contribution in [1.82, 2.24) is 20.1 Å². The zero-order valence-electron chi connectivity index (χ0n) is 13.6. The monoisotopic (exact) mass is 347 g/mol. The number of hydrogen-bond acceptors (Lipinski definition) is 6. The van der Waals surface area contributed by atoms with Crippen LogP contribution < -0.4 is 5.32 Å². The molecule has 2 rings (SSSR count). The summed E-state index contributed by atoms with van der Waals surface area (Å²) in [6, 6.07) is 2.75. The molecular weight excluding hydrogens is 330 g/mol. The Hall–Kier alpha value is -3.30. The second-order valence-electron chi connectivity index (χ2n) is 5.79. The molecule has 0 saturated carbocycles. The number of nitrogens with one attached hydrogen (secondary N) is 1. The summed E-state index contributed by atoms with van der Waals surface area (Å²) in [5.41, 5.74) is -0.199. The molecule has 0 aliphatic rings. The van der Waals surface area contributed by atoms with Gasteiger partial charge < -0.3 is 10.4 Å². The highest BCUT2D eigenvalue weighted by atomic mass is 16.6. The predicted molar refractivity (Wildman–Crippen MR) is 86.4 cm³/mol. The van der Waals surface area contributed by atoms with Crippen molar-refractivity contribution in [3.63, 3.8) is 0 Å². The quantitative estimate of drug-likeness (QED) is 0.570. The third kappa shape index (κ3) is 4.37. The molecule has 132 valence electrons. The van der Waals surface area contributed by atoms with E-state index in [1.807, 2.05) is 13.8 Å². The molecule has 10 heteroatoms. The van der Waals surface area contributed by atoms with Gasteiger partial charge in [-0.15, -0.1) is 0 Å². The molecule has 0 saturated heterocycles. The lowest BCUT2D eigenvalue weighted by Gasteiger charge is -2.16. The molecule has 25 heavy (non-hydrogen) atoms. The number of carboxylic acids is 1. The molecule has 1 aromatic carbocycles. The molecule has 0 fully saturated rings. The smallest absolute Gasteiger partial charge is 0.326 e. The first-order valence-corrected chi connectivity index (χ1v) is 7.46. The Morgan fingerprint density at radius 3 is 2.64 bits per heavy atom. The molecule has 0 radical (unpaired) electrons. The minimum Gasteiger partial charge on any atom is -0.480 e. The van der Waals surface area contributed by atoms with Gasteiger partial charge >= 0.3 is 5.97 Å². The third-order valence-corrected chi connectivity index (χ3v) is 3.41. The van der Waals surface area contributed by atoms with E-state index in [0.717, 1.165) is 6.07 Å². The van der Waals surface area contributed by atoms with Crippen molar-refractivity contribution in [2.45, 2.75) is 26.3 Å². The van der Waals surface area contributed by atoms with E-state index in [4.69, 9.17) is 0 Å². The molecule has 0 bridgehead atoms. The second-order valence-corrected chi connectivity index (χ2v) is 5.79. The maximum atomic E-state index is 12.3. The number of amides is 1. The first-order valence-electron chi connectivity index (χ1n) is 7.46. The molecule has 1 aromatic heterocycles. The zero-order chi connectivity index (χ0) is 18.6. The van der Waals surface area contributed by atoms with Gasteiger partial charge in [-0.3, -0.25) is 14.9 Å². The molecule has 0 aliphatic carbocycles. The number of rotatable bonds is 7. The van der Waals surface area contributed by atoms with E-state index in [1.54, 1.807) is 0 Å². The van der Waals surface area contributed by atoms with E-state index in [9.17, 15) is 24.8 Å². The van der Waals surface area contributed by atoms with Crippen LogP contribution in [-0.2, 0) is 4.79 Å². The summed E-state index contributed by atoms with van der Waals surface area (Å²) in [5.74, 6) is -1.79. The fraction of sp³-hybridized carbons (Fsp3) is 0.333. The number of nitrogens with zero attached hydrogens (tertiary/aromatic N) is 4. The summed E-state index contributed by atoms with van der Waals surface area (Å²) in [6.45, 7) is 3.67. The van der Waals surface area contributed by atoms with Gasteiger partial charge in [-0.1, -0.05) is 13.8 Å². The molecule has 1 atom stereocenters. The van der Waals surface area contributed by atoms with Crippen LogP contribution in [0, 0.1) is 16.0 Å². The van der Waals surface area contributed by atoms with Crippen LogP contribution in [0.4, 0.5) is 5.69 Å². The number of hydrogen-bond donors (Lipinski definition) is 2.